The van der Waals surface area contributed by atoms with Gasteiger partial charge in [0.25, 0.3) is 0 Å². The van der Waals surface area contributed by atoms with Gasteiger partial charge in [0, 0.05) is 0 Å². The van der Waals surface area contributed by atoms with Gasteiger partial charge in [-0.25, -0.2) is 4.79 Å². The minimum atomic E-state index is -0.620. The molecule has 0 rings (SSSR count). The van der Waals surface area contributed by atoms with Gasteiger partial charge in [-0.15, -0.1) is 0 Å². The van der Waals surface area contributed by atoms with Crippen LogP contribution in [0.25, 0.3) is 0 Å². The normalized spacial score (nSPS) is 9.27. The van der Waals surface area contributed by atoms with E-state index in [1.807, 2.05) is 0 Å². The Morgan fingerprint density at radius 1 is 1.20 bits per heavy atom. The molecule has 1 amide bonds. The number of thiocarbonyl (C=S) groups is 2. The van der Waals surface area contributed by atoms with Crippen molar-refractivity contribution in [1.29, 1.82) is 0 Å². The van der Waals surface area contributed by atoms with Gasteiger partial charge in [-0.05, 0) is 45.2 Å². The molecule has 0 aliphatic carbocycles. The van der Waals surface area contributed by atoms with Gasteiger partial charge in [-0.3, -0.25) is 5.32 Å². The van der Waals surface area contributed by atoms with E-state index in [1.165, 1.54) is 0 Å². The molecule has 0 atom stereocenters. The van der Waals surface area contributed by atoms with Gasteiger partial charge in [0.05, 0.1) is 0 Å². The maximum absolute atomic E-state index is 10.8. The number of carbonyl (C=O) groups is 1. The first-order valence-electron chi connectivity index (χ1n) is 3.89. The lowest BCUT2D eigenvalue weighted by molar-refractivity contribution is 0.0564. The minimum absolute atomic E-state index is 0.000000000000000222. The molecule has 15 heavy (non-hydrogen) atoms. The van der Waals surface area contributed by atoms with Crippen LogP contribution in [0, 0.1) is 0 Å². The molecule has 0 aliphatic heterocycles. The Morgan fingerprint density at radius 2 is 1.53 bits per heavy atom. The molecule has 0 aromatic heterocycles. The summed E-state index contributed by atoms with van der Waals surface area (Å²) < 4.78 is 4.83. The second-order valence-corrected chi connectivity index (χ2v) is 4.30. The molecule has 0 heterocycles. The van der Waals surface area contributed by atoms with Crippen molar-refractivity contribution in [2.75, 3.05) is 0 Å². The van der Waals surface area contributed by atoms with Gasteiger partial charge in [0.1, 0.15) is 5.60 Å². The fourth-order valence-corrected chi connectivity index (χ4v) is 0.488. The molecular weight excluding hydrogens is 236 g/mol. The average Bonchev–Trinajstić information content (AvgIpc) is 1.76. The average molecular weight is 252 g/mol. The fourth-order valence-electron chi connectivity index (χ4n) is 0.404. The predicted molar refractivity (Wildman–Crippen MR) is 67.1 cm³/mol. The summed E-state index contributed by atoms with van der Waals surface area (Å²) in [7, 11) is 0. The molecule has 0 fully saturated rings. The fraction of sp³-hybridized carbons (Fsp3) is 0.571. The summed E-state index contributed by atoms with van der Waals surface area (Å²) in [6, 6.07) is 0. The monoisotopic (exact) mass is 252 g/mol. The SMILES string of the molecule is CC(C)(C)OC(=O)NC(N)=S.NC(N)=S. The third-order valence-electron chi connectivity index (χ3n) is 0.624. The van der Waals surface area contributed by atoms with Crippen molar-refractivity contribution in [2.24, 2.45) is 17.2 Å². The van der Waals surface area contributed by atoms with E-state index in [2.05, 4.69) is 41.2 Å². The Hall–Kier alpha value is -1.15. The number of alkyl carbamates (subject to hydrolysis) is 1. The molecule has 0 aliphatic rings. The summed E-state index contributed by atoms with van der Waals surface area (Å²) in [4.78, 5) is 10.8. The first kappa shape index (κ1) is 16.3. The summed E-state index contributed by atoms with van der Waals surface area (Å²) in [5.41, 5.74) is 13.8. The van der Waals surface area contributed by atoms with Crippen LogP contribution in [0.15, 0.2) is 0 Å². The number of amides is 1. The summed E-state index contributed by atoms with van der Waals surface area (Å²) in [6.45, 7) is 5.27. The first-order chi connectivity index (χ1) is 6.54. The molecule has 0 bridgehead atoms. The Morgan fingerprint density at radius 3 is 1.73 bits per heavy atom. The van der Waals surface area contributed by atoms with Crippen molar-refractivity contribution in [2.45, 2.75) is 26.4 Å². The highest BCUT2D eigenvalue weighted by Crippen LogP contribution is 2.05. The largest absolute Gasteiger partial charge is 0.444 e. The molecule has 6 nitrogen and oxygen atoms in total. The number of ether oxygens (including phenoxy) is 1. The van der Waals surface area contributed by atoms with Crippen LogP contribution >= 0.6 is 24.4 Å². The molecule has 88 valence electrons. The zero-order valence-corrected chi connectivity index (χ0v) is 10.5. The van der Waals surface area contributed by atoms with Crippen LogP contribution in [0.3, 0.4) is 0 Å². The Kier molecular flexibility index (Phi) is 7.80. The highest BCUT2D eigenvalue weighted by Gasteiger charge is 2.15. The molecule has 0 aromatic carbocycles. The Bertz CT molecular complexity index is 246. The number of hydrogen-bond acceptors (Lipinski definition) is 4. The van der Waals surface area contributed by atoms with Gasteiger partial charge in [-0.1, -0.05) is 0 Å². The Labute approximate surface area is 99.5 Å². The van der Waals surface area contributed by atoms with E-state index in [9.17, 15) is 4.79 Å². The van der Waals surface area contributed by atoms with Crippen molar-refractivity contribution < 1.29 is 9.53 Å². The lowest BCUT2D eigenvalue weighted by Crippen LogP contribution is -2.39. The van der Waals surface area contributed by atoms with Crippen LogP contribution in [-0.4, -0.2) is 21.9 Å². The molecule has 8 heteroatoms. The maximum Gasteiger partial charge on any atom is 0.413 e. The van der Waals surface area contributed by atoms with Gasteiger partial charge in [0.2, 0.25) is 0 Å². The predicted octanol–water partition coefficient (Wildman–Crippen LogP) is -0.0566. The van der Waals surface area contributed by atoms with Crippen molar-refractivity contribution in [3.05, 3.63) is 0 Å². The van der Waals surface area contributed by atoms with Crippen LogP contribution in [0.1, 0.15) is 20.8 Å². The van der Waals surface area contributed by atoms with Crippen molar-refractivity contribution in [3.63, 3.8) is 0 Å². The van der Waals surface area contributed by atoms with E-state index in [4.69, 9.17) is 10.5 Å². The number of nitrogens with one attached hydrogen (secondary N) is 1. The van der Waals surface area contributed by atoms with E-state index in [0.29, 0.717) is 0 Å². The molecule has 0 unspecified atom stereocenters. The lowest BCUT2D eigenvalue weighted by atomic mass is 10.2. The summed E-state index contributed by atoms with van der Waals surface area (Å²) in [6.07, 6.45) is -0.620. The van der Waals surface area contributed by atoms with Gasteiger partial charge >= 0.3 is 6.09 Å². The van der Waals surface area contributed by atoms with Crippen LogP contribution in [0.2, 0.25) is 0 Å². The molecular formula is C7H16N4O2S2. The summed E-state index contributed by atoms with van der Waals surface area (Å²) in [5, 5.41) is 2.06. The molecule has 0 saturated carbocycles. The van der Waals surface area contributed by atoms with Crippen molar-refractivity contribution in [3.8, 4) is 0 Å². The molecule has 0 saturated heterocycles. The van der Waals surface area contributed by atoms with E-state index in [-0.39, 0.29) is 10.2 Å². The first-order valence-corrected chi connectivity index (χ1v) is 4.70. The van der Waals surface area contributed by atoms with Gasteiger partial charge < -0.3 is 21.9 Å². The quantitative estimate of drug-likeness (QED) is 0.446. The van der Waals surface area contributed by atoms with E-state index >= 15 is 0 Å². The highest BCUT2D eigenvalue weighted by atomic mass is 32.1. The third kappa shape index (κ3) is 24.5. The third-order valence-corrected chi connectivity index (χ3v) is 0.726. The van der Waals surface area contributed by atoms with Crippen molar-refractivity contribution >= 4 is 40.8 Å². The number of nitrogens with two attached hydrogens (primary N) is 3. The van der Waals surface area contributed by atoms with E-state index in [0.717, 1.165) is 0 Å². The second kappa shape index (κ2) is 7.18. The maximum atomic E-state index is 10.8. The number of rotatable bonds is 0. The zero-order valence-electron chi connectivity index (χ0n) is 8.87. The molecule has 0 aromatic rings. The highest BCUT2D eigenvalue weighted by molar-refractivity contribution is 7.80. The van der Waals surface area contributed by atoms with E-state index < -0.39 is 11.7 Å². The zero-order chi connectivity index (χ0) is 12.6. The summed E-state index contributed by atoms with van der Waals surface area (Å²) >= 11 is 8.52. The van der Waals surface area contributed by atoms with Gasteiger partial charge in [0.15, 0.2) is 10.2 Å². The van der Waals surface area contributed by atoms with Crippen LogP contribution in [-0.2, 0) is 4.74 Å². The second-order valence-electron chi connectivity index (χ2n) is 3.39. The topological polar surface area (TPSA) is 116 Å². The minimum Gasteiger partial charge on any atom is -0.444 e. The van der Waals surface area contributed by atoms with Crippen LogP contribution in [0.5, 0.6) is 0 Å². The summed E-state index contributed by atoms with van der Waals surface area (Å²) in [5.74, 6) is 0. The number of carbonyl (C=O) groups excluding carboxylic acids is 1. The van der Waals surface area contributed by atoms with Crippen LogP contribution in [0.4, 0.5) is 4.79 Å². The molecule has 7 N–H and O–H groups in total. The smallest absolute Gasteiger partial charge is 0.413 e. The van der Waals surface area contributed by atoms with Gasteiger partial charge in [-0.2, -0.15) is 0 Å². The van der Waals surface area contributed by atoms with Crippen LogP contribution < -0.4 is 22.5 Å². The number of hydrogen-bond donors (Lipinski definition) is 4. The molecule has 0 spiro atoms. The van der Waals surface area contributed by atoms with E-state index in [1.54, 1.807) is 20.8 Å². The Balaban J connectivity index is 0. The standard InChI is InChI=1S/C6H12N2O2S.CH4N2S/c1-6(2,3)10-5(9)8-4(7)11;2-1(3)4/h1-3H3,(H3,7,8,9,11);(H4,2,3,4). The van der Waals surface area contributed by atoms with Crippen molar-refractivity contribution in [1.82, 2.24) is 5.32 Å². The lowest BCUT2D eigenvalue weighted by Gasteiger charge is -2.19. The molecule has 0 radical (unpaired) electrons.